The molecule has 0 aliphatic carbocycles. The molecule has 0 saturated heterocycles. The molecule has 4 nitrogen and oxygen atoms in total. The average Bonchev–Trinajstić information content (AvgIpc) is 2.33. The Balaban J connectivity index is 2.51. The van der Waals surface area contributed by atoms with Crippen molar-refractivity contribution >= 4 is 21.5 Å². The van der Waals surface area contributed by atoms with Crippen LogP contribution in [-0.2, 0) is 23.6 Å². The van der Waals surface area contributed by atoms with Gasteiger partial charge in [-0.3, -0.25) is 0 Å². The highest BCUT2D eigenvalue weighted by atomic mass is 32.2. The van der Waals surface area contributed by atoms with Gasteiger partial charge >= 0.3 is 0 Å². The number of hydrogen-bond acceptors (Lipinski definition) is 4. The zero-order valence-corrected chi connectivity index (χ0v) is 9.82. The predicted molar refractivity (Wildman–Crippen MR) is 53.1 cm³/mol. The molecular weight excluding hydrogens is 222 g/mol. The van der Waals surface area contributed by atoms with Gasteiger partial charge in [-0.05, 0) is 12.8 Å². The van der Waals surface area contributed by atoms with Gasteiger partial charge in [-0.25, -0.2) is 8.42 Å². The molecule has 1 heterocycles. The Morgan fingerprint density at radius 2 is 2.21 bits per heavy atom. The lowest BCUT2D eigenvalue weighted by molar-refractivity contribution is -0.672. The molecule has 1 aromatic heterocycles. The third-order valence-corrected chi connectivity index (χ3v) is 4.08. The molecule has 1 rings (SSSR count). The second kappa shape index (κ2) is 4.37. The highest BCUT2D eigenvalue weighted by Crippen LogP contribution is 2.12. The Morgan fingerprint density at radius 3 is 2.64 bits per heavy atom. The lowest BCUT2D eigenvalue weighted by atomic mass is 10.2. The van der Waals surface area contributed by atoms with Crippen LogP contribution in [0, 0.1) is 6.92 Å². The van der Waals surface area contributed by atoms with Crippen LogP contribution < -0.4 is 4.57 Å². The second-order valence-electron chi connectivity index (χ2n) is 3.21. The first-order valence-electron chi connectivity index (χ1n) is 4.26. The molecule has 0 fully saturated rings. The summed E-state index contributed by atoms with van der Waals surface area (Å²) >= 11 is 1.59. The summed E-state index contributed by atoms with van der Waals surface area (Å²) in [4.78, 5) is 1.15. The molecule has 80 valence electrons. The number of nitrogens with zero attached hydrogens (tertiary/aromatic N) is 1. The average molecular weight is 235 g/mol. The number of hydrogen-bond donors (Lipinski definition) is 0. The van der Waals surface area contributed by atoms with E-state index in [1.165, 1.54) is 0 Å². The van der Waals surface area contributed by atoms with E-state index in [0.717, 1.165) is 10.6 Å². The van der Waals surface area contributed by atoms with E-state index in [4.69, 9.17) is 0 Å². The van der Waals surface area contributed by atoms with Gasteiger partial charge in [0.05, 0.1) is 15.0 Å². The fraction of sp³-hybridized carbons (Fsp3) is 0.625. The first-order chi connectivity index (χ1) is 6.40. The highest BCUT2D eigenvalue weighted by molar-refractivity contribution is 7.85. The van der Waals surface area contributed by atoms with E-state index in [0.29, 0.717) is 12.8 Å². The molecule has 6 heteroatoms. The smallest absolute Gasteiger partial charge is 0.224 e. The minimum atomic E-state index is -4.05. The van der Waals surface area contributed by atoms with Crippen LogP contribution >= 0.6 is 11.3 Å². The SMILES string of the molecule is Cc1c(CCCS(=O)(=O)[O-])sc[n+]1C. The van der Waals surface area contributed by atoms with Gasteiger partial charge in [0, 0.05) is 12.7 Å². The lowest BCUT2D eigenvalue weighted by Crippen LogP contribution is -2.28. The maximum absolute atomic E-state index is 10.4. The Morgan fingerprint density at radius 1 is 1.57 bits per heavy atom. The Bertz CT molecular complexity index is 408. The van der Waals surface area contributed by atoms with Gasteiger partial charge in [-0.2, -0.15) is 4.57 Å². The molecule has 0 unspecified atom stereocenters. The van der Waals surface area contributed by atoms with Crippen LogP contribution in [0.25, 0.3) is 0 Å². The standard InChI is InChI=1S/C8H13NO3S2/c1-7-8(13-6-9(7)2)4-3-5-14(10,11)12/h6H,3-5H2,1-2H3. The van der Waals surface area contributed by atoms with Crippen molar-refractivity contribution in [3.63, 3.8) is 0 Å². The van der Waals surface area contributed by atoms with E-state index >= 15 is 0 Å². The molecule has 0 aliphatic heterocycles. The maximum atomic E-state index is 10.4. The largest absolute Gasteiger partial charge is 0.748 e. The summed E-state index contributed by atoms with van der Waals surface area (Å²) in [6.07, 6.45) is 1.08. The summed E-state index contributed by atoms with van der Waals surface area (Å²) in [5.41, 5.74) is 3.11. The Kier molecular flexibility index (Phi) is 3.63. The van der Waals surface area contributed by atoms with Crippen LogP contribution in [0.1, 0.15) is 17.0 Å². The number of rotatable bonds is 4. The highest BCUT2D eigenvalue weighted by Gasteiger charge is 2.10. The van der Waals surface area contributed by atoms with E-state index in [2.05, 4.69) is 0 Å². The van der Waals surface area contributed by atoms with E-state index in [-0.39, 0.29) is 5.75 Å². The topological polar surface area (TPSA) is 61.1 Å². The van der Waals surface area contributed by atoms with Crippen molar-refractivity contribution in [2.75, 3.05) is 5.75 Å². The van der Waals surface area contributed by atoms with E-state index in [1.54, 1.807) is 11.3 Å². The van der Waals surface area contributed by atoms with Crippen LogP contribution in [0.4, 0.5) is 0 Å². The third kappa shape index (κ3) is 3.36. The van der Waals surface area contributed by atoms with Crippen molar-refractivity contribution in [3.05, 3.63) is 16.1 Å². The molecule has 14 heavy (non-hydrogen) atoms. The van der Waals surface area contributed by atoms with Gasteiger partial charge in [0.25, 0.3) is 0 Å². The van der Waals surface area contributed by atoms with E-state index in [1.807, 2.05) is 24.0 Å². The normalized spacial score (nSPS) is 11.9. The van der Waals surface area contributed by atoms with Crippen LogP contribution in [-0.4, -0.2) is 18.7 Å². The van der Waals surface area contributed by atoms with E-state index < -0.39 is 10.1 Å². The number of thiazole rings is 1. The predicted octanol–water partition coefficient (Wildman–Crippen LogP) is 0.359. The van der Waals surface area contributed by atoms with Crippen molar-refractivity contribution in [2.24, 2.45) is 7.05 Å². The van der Waals surface area contributed by atoms with Crippen molar-refractivity contribution < 1.29 is 17.5 Å². The summed E-state index contributed by atoms with van der Waals surface area (Å²) in [5, 5.41) is 0. The molecule has 0 amide bonds. The van der Waals surface area contributed by atoms with Gasteiger partial charge in [0.2, 0.25) is 5.51 Å². The third-order valence-electron chi connectivity index (χ3n) is 2.08. The Labute approximate surface area is 88.0 Å². The molecule has 1 aromatic rings. The van der Waals surface area contributed by atoms with Crippen molar-refractivity contribution in [2.45, 2.75) is 19.8 Å². The van der Waals surface area contributed by atoms with Gasteiger partial charge < -0.3 is 4.55 Å². The summed E-state index contributed by atoms with van der Waals surface area (Å²) in [6.45, 7) is 1.98. The first-order valence-corrected chi connectivity index (χ1v) is 6.72. The maximum Gasteiger partial charge on any atom is 0.224 e. The number of aromatic nitrogens is 1. The van der Waals surface area contributed by atoms with Crippen LogP contribution in [0.2, 0.25) is 0 Å². The molecule has 0 aromatic carbocycles. The summed E-state index contributed by atoms with van der Waals surface area (Å²) in [7, 11) is -2.11. The van der Waals surface area contributed by atoms with Crippen LogP contribution in [0.5, 0.6) is 0 Å². The minimum absolute atomic E-state index is 0.270. The molecule has 0 aliphatic rings. The van der Waals surface area contributed by atoms with Gasteiger partial charge in [-0.1, -0.05) is 11.3 Å². The van der Waals surface area contributed by atoms with Crippen LogP contribution in [0.15, 0.2) is 5.51 Å². The zero-order chi connectivity index (χ0) is 10.8. The summed E-state index contributed by atoms with van der Waals surface area (Å²) in [6, 6.07) is 0. The van der Waals surface area contributed by atoms with E-state index in [9.17, 15) is 13.0 Å². The fourth-order valence-corrected chi connectivity index (χ4v) is 2.67. The summed E-state index contributed by atoms with van der Waals surface area (Å²) < 4.78 is 33.1. The van der Waals surface area contributed by atoms with Crippen molar-refractivity contribution in [1.29, 1.82) is 0 Å². The quantitative estimate of drug-likeness (QED) is 0.559. The van der Waals surface area contributed by atoms with Gasteiger partial charge in [-0.15, -0.1) is 0 Å². The van der Waals surface area contributed by atoms with Crippen molar-refractivity contribution in [1.82, 2.24) is 0 Å². The first kappa shape index (κ1) is 11.6. The van der Waals surface area contributed by atoms with Gasteiger partial charge in [0.15, 0.2) is 5.69 Å². The minimum Gasteiger partial charge on any atom is -0.748 e. The zero-order valence-electron chi connectivity index (χ0n) is 8.19. The lowest BCUT2D eigenvalue weighted by Gasteiger charge is -2.04. The van der Waals surface area contributed by atoms with Gasteiger partial charge in [0.1, 0.15) is 7.05 Å². The molecule has 0 bridgehead atoms. The molecule has 0 N–H and O–H groups in total. The second-order valence-corrected chi connectivity index (χ2v) is 5.67. The van der Waals surface area contributed by atoms with Crippen LogP contribution in [0.3, 0.4) is 0 Å². The van der Waals surface area contributed by atoms with Crippen molar-refractivity contribution in [3.8, 4) is 0 Å². The molecule has 0 saturated carbocycles. The molecular formula is C8H13NO3S2. The molecule has 0 atom stereocenters. The monoisotopic (exact) mass is 235 g/mol. The molecule has 0 radical (unpaired) electrons. The fourth-order valence-electron chi connectivity index (χ4n) is 1.15. The number of aryl methyl sites for hydroxylation is 2. The summed E-state index contributed by atoms with van der Waals surface area (Å²) in [5.74, 6) is -0.270. The Hall–Kier alpha value is -0.460. The molecule has 0 spiro atoms.